The zero-order chi connectivity index (χ0) is 67.3. The van der Waals surface area contributed by atoms with Crippen LogP contribution in [0.5, 0.6) is 0 Å². The Bertz CT molecular complexity index is 5020. The molecule has 0 aliphatic heterocycles. The van der Waals surface area contributed by atoms with Gasteiger partial charge in [-0.2, -0.15) is 36.4 Å². The van der Waals surface area contributed by atoms with Gasteiger partial charge in [-0.1, -0.05) is 253 Å². The molecule has 0 aliphatic rings. The molecule has 3 aromatic heterocycles. The van der Waals surface area contributed by atoms with Crippen LogP contribution in [0, 0.1) is 72.7 Å². The fourth-order valence-corrected chi connectivity index (χ4v) is 17.3. The number of hydrogen-bond acceptors (Lipinski definition) is 6. The summed E-state index contributed by atoms with van der Waals surface area (Å²) in [5, 5.41) is 9.22. The van der Waals surface area contributed by atoms with E-state index in [4.69, 9.17) is 9.97 Å². The van der Waals surface area contributed by atoms with Crippen molar-refractivity contribution in [1.29, 1.82) is 0 Å². The van der Waals surface area contributed by atoms with Gasteiger partial charge in [0, 0.05) is 97.0 Å². The van der Waals surface area contributed by atoms with Crippen molar-refractivity contribution in [3.8, 4) is 56.3 Å². The monoisotopic (exact) mass is 1680 g/mol. The summed E-state index contributed by atoms with van der Waals surface area (Å²) in [6.45, 7) is 14.7. The third-order valence-corrected chi connectivity index (χ3v) is 22.8. The van der Waals surface area contributed by atoms with Crippen molar-refractivity contribution in [2.45, 2.75) is 48.5 Å². The predicted octanol–water partition coefficient (Wildman–Crippen LogP) is 19.6. The van der Waals surface area contributed by atoms with Crippen LogP contribution in [0.3, 0.4) is 0 Å². The summed E-state index contributed by atoms with van der Waals surface area (Å²) in [5.74, 6) is 0. The normalized spacial score (nSPS) is 10.9. The van der Waals surface area contributed by atoms with Crippen molar-refractivity contribution < 1.29 is 49.3 Å². The fraction of sp³-hybridized carbons (Fsp3) is 0.0787. The van der Waals surface area contributed by atoms with E-state index in [9.17, 15) is 9.13 Å². The maximum atomic E-state index is 14.2. The van der Waals surface area contributed by atoms with Crippen LogP contribution in [0.2, 0.25) is 0 Å². The molecule has 492 valence electrons. The molecule has 0 fully saturated rings. The molecule has 0 saturated carbocycles. The number of pyridine rings is 2. The minimum absolute atomic E-state index is 0. The predicted molar refractivity (Wildman–Crippen MR) is 406 cm³/mol. The Morgan fingerprint density at radius 2 is 0.838 bits per heavy atom. The molecule has 0 bridgehead atoms. The molecule has 12 aromatic carbocycles. The Kier molecular flexibility index (Phi) is 24.2. The Hall–Kier alpha value is -9.70. The van der Waals surface area contributed by atoms with Gasteiger partial charge in [0.2, 0.25) is 0 Å². The molecule has 0 saturated heterocycles. The van der Waals surface area contributed by atoms with E-state index in [1.165, 1.54) is 27.8 Å². The topological polar surface area (TPSA) is 85.7 Å². The number of benzene rings is 12. The number of nitrogens with zero attached hydrogens (tertiary/aromatic N) is 4. The van der Waals surface area contributed by atoms with Crippen LogP contribution in [0.15, 0.2) is 310 Å². The van der Waals surface area contributed by atoms with E-state index in [1.807, 2.05) is 250 Å². The van der Waals surface area contributed by atoms with Crippen molar-refractivity contribution in [2.75, 3.05) is 0 Å². The molecule has 0 spiro atoms. The number of hydrogen-bond donors (Lipinski definition) is 0. The van der Waals surface area contributed by atoms with Gasteiger partial charge in [-0.3, -0.25) is 9.97 Å². The van der Waals surface area contributed by atoms with Crippen molar-refractivity contribution in [1.82, 2.24) is 19.9 Å². The molecule has 10 heteroatoms. The van der Waals surface area contributed by atoms with Gasteiger partial charge in [0.25, 0.3) is 0 Å². The summed E-state index contributed by atoms with van der Waals surface area (Å²) in [7, 11) is -5.87. The van der Waals surface area contributed by atoms with Gasteiger partial charge in [0.1, 0.15) is 14.3 Å². The molecular formula is C89H72Ir2N4O2P2-4. The maximum Gasteiger partial charge on any atom is 0.147 e. The first kappa shape index (κ1) is 72.1. The number of aromatic nitrogens is 4. The van der Waals surface area contributed by atoms with Crippen LogP contribution in [-0.2, 0) is 49.3 Å². The summed E-state index contributed by atoms with van der Waals surface area (Å²) in [4.78, 5) is 19.0. The first-order valence-electron chi connectivity index (χ1n) is 32.4. The van der Waals surface area contributed by atoms with Gasteiger partial charge in [0.15, 0.2) is 0 Å². The third kappa shape index (κ3) is 16.9. The minimum atomic E-state index is -2.94. The molecule has 15 aromatic rings. The van der Waals surface area contributed by atoms with Gasteiger partial charge in [-0.25, -0.2) is 0 Å². The largest absolute Gasteiger partial charge is 0.311 e. The average molecular weight is 1680 g/mol. The zero-order valence-corrected chi connectivity index (χ0v) is 62.7. The van der Waals surface area contributed by atoms with Crippen LogP contribution in [0.25, 0.3) is 77.8 Å². The smallest absolute Gasteiger partial charge is 0.147 e. The van der Waals surface area contributed by atoms with E-state index >= 15 is 0 Å². The standard InChI is InChI=1S/C28H27N2.2C22H16OP.C17H13N2.2Ir/c1-17-7-8-22(6)25(15-17)26-16-29-27(23-11-18(2)9-19(3)12-23)28(30-26)24-13-20(4)10-21(5)14-24;2*23-24(20-11-3-1-4-12-20,21-13-5-2-6-14-21)22-16-15-18-9-7-8-10-19(18)17-22;1-13-9-10-17(19-12-13)15-7-3-2-6-14(15)16-8-4-5-11-18-16;;/h7-11,13-16H,1-6H3;2*1-15,17H;2-5,7-12H,1H3;;/q4*-1;;. The van der Waals surface area contributed by atoms with E-state index in [0.717, 1.165) is 121 Å². The summed E-state index contributed by atoms with van der Waals surface area (Å²) < 4.78 is 28.5. The van der Waals surface area contributed by atoms with E-state index in [0.29, 0.717) is 0 Å². The number of fused-ring (bicyclic) bond motifs is 2. The summed E-state index contributed by atoms with van der Waals surface area (Å²) in [6, 6.07) is 109. The van der Waals surface area contributed by atoms with Crippen molar-refractivity contribution in [2.24, 2.45) is 0 Å². The average Bonchev–Trinajstić information content (AvgIpc) is 0.771. The molecule has 15 rings (SSSR count). The van der Waals surface area contributed by atoms with Crippen LogP contribution in [0.4, 0.5) is 0 Å². The second-order valence-electron chi connectivity index (χ2n) is 24.3. The number of rotatable bonds is 11. The van der Waals surface area contributed by atoms with E-state index < -0.39 is 14.3 Å². The fourth-order valence-electron chi connectivity index (χ4n) is 12.1. The zero-order valence-electron chi connectivity index (χ0n) is 56.1. The molecule has 0 atom stereocenters. The number of aryl methyl sites for hydroxylation is 7. The van der Waals surface area contributed by atoms with Gasteiger partial charge < -0.3 is 19.1 Å². The van der Waals surface area contributed by atoms with Crippen molar-refractivity contribution >= 4 is 67.7 Å². The summed E-state index contributed by atoms with van der Waals surface area (Å²) >= 11 is 0. The van der Waals surface area contributed by atoms with Crippen LogP contribution >= 0.6 is 14.3 Å². The van der Waals surface area contributed by atoms with Gasteiger partial charge in [-0.05, 0) is 75.2 Å². The van der Waals surface area contributed by atoms with Gasteiger partial charge in [-0.15, -0.1) is 98.4 Å². The molecule has 0 aliphatic carbocycles. The first-order chi connectivity index (χ1) is 47.2. The molecular weight excluding hydrogens is 1600 g/mol. The first-order valence-corrected chi connectivity index (χ1v) is 35.8. The molecule has 3 heterocycles. The summed E-state index contributed by atoms with van der Waals surface area (Å²) in [6.07, 6.45) is 5.57. The molecule has 99 heavy (non-hydrogen) atoms. The van der Waals surface area contributed by atoms with Crippen molar-refractivity contribution in [3.63, 3.8) is 0 Å². The van der Waals surface area contributed by atoms with Crippen LogP contribution in [-0.4, -0.2) is 19.9 Å². The van der Waals surface area contributed by atoms with Crippen molar-refractivity contribution in [3.05, 3.63) is 373 Å². The van der Waals surface area contributed by atoms with E-state index in [1.54, 1.807) is 6.20 Å². The van der Waals surface area contributed by atoms with E-state index in [-0.39, 0.29) is 40.2 Å². The third-order valence-electron chi connectivity index (χ3n) is 16.8. The SMILES string of the molecule is Cc1[c-]c(-c2ncc(-c3cc(C)ccc3C)nc2-c2cc(C)cc(C)c2)cc(C)c1.Cc1ccc(-c2ccc[c-]c2-c2ccccn2)nc1.O=P(c1[c-]cc2ccccc2c1)(c1ccccc1)c1ccccc1.O=P(c1[c-]cc2ccccc2c1)(c1ccccc1)c1ccccc1.[Ir].[Ir]. The Morgan fingerprint density at radius 3 is 1.33 bits per heavy atom. The molecule has 0 unspecified atom stereocenters. The summed E-state index contributed by atoms with van der Waals surface area (Å²) in [5.41, 5.74) is 18.1. The maximum absolute atomic E-state index is 14.2. The second-order valence-corrected chi connectivity index (χ2v) is 29.7. The van der Waals surface area contributed by atoms with E-state index in [2.05, 4.69) is 136 Å². The molecule has 2 radical (unpaired) electrons. The second kappa shape index (κ2) is 33.2. The Morgan fingerprint density at radius 1 is 0.343 bits per heavy atom. The minimum Gasteiger partial charge on any atom is -0.311 e. The van der Waals surface area contributed by atoms with Crippen LogP contribution < -0.4 is 31.8 Å². The molecule has 0 N–H and O–H groups in total. The van der Waals surface area contributed by atoms with Gasteiger partial charge >= 0.3 is 0 Å². The molecule has 6 nitrogen and oxygen atoms in total. The Balaban J connectivity index is 0.000000143. The molecule has 0 amide bonds. The Labute approximate surface area is 609 Å². The van der Waals surface area contributed by atoms with Gasteiger partial charge in [0.05, 0.1) is 11.4 Å². The van der Waals surface area contributed by atoms with Crippen LogP contribution in [0.1, 0.15) is 38.9 Å². The quantitative estimate of drug-likeness (QED) is 0.0947.